The Bertz CT molecular complexity index is 1620. The summed E-state index contributed by atoms with van der Waals surface area (Å²) in [6.45, 7) is 5.15. The lowest BCUT2D eigenvalue weighted by Gasteiger charge is -2.12. The lowest BCUT2D eigenvalue weighted by Crippen LogP contribution is -2.19. The zero-order valence-corrected chi connectivity index (χ0v) is 20.1. The van der Waals surface area contributed by atoms with Crippen LogP contribution in [0.15, 0.2) is 54.9 Å². The van der Waals surface area contributed by atoms with Crippen LogP contribution in [-0.4, -0.2) is 53.3 Å². The van der Waals surface area contributed by atoms with Crippen molar-refractivity contribution in [3.63, 3.8) is 0 Å². The van der Waals surface area contributed by atoms with Crippen molar-refractivity contribution in [2.45, 2.75) is 20.8 Å². The summed E-state index contributed by atoms with van der Waals surface area (Å²) < 4.78 is 3.33. The second kappa shape index (κ2) is 9.02. The van der Waals surface area contributed by atoms with Gasteiger partial charge in [0.1, 0.15) is 12.1 Å². The standard InChI is InChI=1S/C25H23N9O2/c1-14-5-9-22(31-30-14)28-17-6-8-19-21(12-17)33(13-27-19)23-10-7-18(16(3)35)24(29-23)34-15(2)11-20(32-34)25(36)26-4/h5-13H,1-4H3,(H,26,36)(H,28,31). The van der Waals surface area contributed by atoms with E-state index in [1.54, 1.807) is 31.5 Å². The number of rotatable bonds is 6. The minimum atomic E-state index is -0.323. The Morgan fingerprint density at radius 1 is 0.972 bits per heavy atom. The van der Waals surface area contributed by atoms with Crippen LogP contribution in [0.4, 0.5) is 11.5 Å². The van der Waals surface area contributed by atoms with Gasteiger partial charge < -0.3 is 10.6 Å². The van der Waals surface area contributed by atoms with E-state index < -0.39 is 0 Å². The van der Waals surface area contributed by atoms with E-state index >= 15 is 0 Å². The lowest BCUT2D eigenvalue weighted by atomic mass is 10.2. The fourth-order valence-corrected chi connectivity index (χ4v) is 3.82. The predicted molar refractivity (Wildman–Crippen MR) is 134 cm³/mol. The largest absolute Gasteiger partial charge is 0.354 e. The van der Waals surface area contributed by atoms with Crippen molar-refractivity contribution < 1.29 is 9.59 Å². The maximum Gasteiger partial charge on any atom is 0.271 e. The SMILES string of the molecule is CNC(=O)c1cc(C)n(-c2nc(-n3cnc4ccc(Nc5ccc(C)nn5)cc43)ccc2C(C)=O)n1. The highest BCUT2D eigenvalue weighted by Gasteiger charge is 2.19. The molecule has 5 rings (SSSR count). The van der Waals surface area contributed by atoms with E-state index in [1.165, 1.54) is 18.7 Å². The number of fused-ring (bicyclic) bond motifs is 1. The Morgan fingerprint density at radius 2 is 1.81 bits per heavy atom. The number of aromatic nitrogens is 7. The molecule has 0 saturated heterocycles. The number of nitrogens with zero attached hydrogens (tertiary/aromatic N) is 7. The summed E-state index contributed by atoms with van der Waals surface area (Å²) in [4.78, 5) is 33.8. The number of anilines is 2. The summed E-state index contributed by atoms with van der Waals surface area (Å²) in [7, 11) is 1.54. The van der Waals surface area contributed by atoms with Gasteiger partial charge in [-0.15, -0.1) is 5.10 Å². The molecule has 0 fully saturated rings. The van der Waals surface area contributed by atoms with Crippen molar-refractivity contribution in [1.29, 1.82) is 0 Å². The first-order valence-electron chi connectivity index (χ1n) is 11.2. The summed E-state index contributed by atoms with van der Waals surface area (Å²) in [5.74, 6) is 1.01. The number of imidazole rings is 1. The van der Waals surface area contributed by atoms with Crippen LogP contribution >= 0.6 is 0 Å². The molecule has 0 atom stereocenters. The van der Waals surface area contributed by atoms with E-state index in [0.717, 1.165) is 22.4 Å². The van der Waals surface area contributed by atoms with Gasteiger partial charge in [-0.3, -0.25) is 14.2 Å². The molecule has 0 unspecified atom stereocenters. The second-order valence-corrected chi connectivity index (χ2v) is 8.26. The summed E-state index contributed by atoms with van der Waals surface area (Å²) in [5, 5.41) is 18.4. The molecule has 0 radical (unpaired) electrons. The van der Waals surface area contributed by atoms with Gasteiger partial charge in [-0.25, -0.2) is 14.6 Å². The minimum Gasteiger partial charge on any atom is -0.354 e. The van der Waals surface area contributed by atoms with Gasteiger partial charge in [-0.2, -0.15) is 10.2 Å². The van der Waals surface area contributed by atoms with Crippen molar-refractivity contribution in [3.8, 4) is 11.6 Å². The van der Waals surface area contributed by atoms with Crippen molar-refractivity contribution in [3.05, 3.63) is 77.5 Å². The van der Waals surface area contributed by atoms with Gasteiger partial charge in [0, 0.05) is 18.4 Å². The van der Waals surface area contributed by atoms with Crippen LogP contribution in [0.2, 0.25) is 0 Å². The molecule has 4 aromatic heterocycles. The maximum absolute atomic E-state index is 12.4. The molecule has 0 spiro atoms. The number of nitrogens with one attached hydrogen (secondary N) is 2. The van der Waals surface area contributed by atoms with Gasteiger partial charge in [0.15, 0.2) is 23.1 Å². The van der Waals surface area contributed by atoms with Gasteiger partial charge in [0.05, 0.1) is 22.3 Å². The van der Waals surface area contributed by atoms with Crippen LogP contribution in [0.3, 0.4) is 0 Å². The Balaban J connectivity index is 1.59. The molecule has 4 heterocycles. The van der Waals surface area contributed by atoms with E-state index in [9.17, 15) is 9.59 Å². The molecule has 5 aromatic rings. The number of pyridine rings is 1. The zero-order valence-electron chi connectivity index (χ0n) is 20.1. The molecule has 0 bridgehead atoms. The number of amides is 1. The number of ketones is 1. The topological polar surface area (TPSA) is 133 Å². The van der Waals surface area contributed by atoms with Crippen LogP contribution in [-0.2, 0) is 0 Å². The monoisotopic (exact) mass is 481 g/mol. The van der Waals surface area contributed by atoms with Gasteiger partial charge >= 0.3 is 0 Å². The van der Waals surface area contributed by atoms with E-state index in [0.29, 0.717) is 28.7 Å². The van der Waals surface area contributed by atoms with Crippen LogP contribution in [0.5, 0.6) is 0 Å². The molecule has 0 aliphatic carbocycles. The molecule has 180 valence electrons. The highest BCUT2D eigenvalue weighted by atomic mass is 16.2. The number of carbonyl (C=O) groups excluding carboxylic acids is 2. The van der Waals surface area contributed by atoms with E-state index in [4.69, 9.17) is 4.98 Å². The number of carbonyl (C=O) groups is 2. The Labute approximate surface area is 206 Å². The third kappa shape index (κ3) is 4.17. The van der Waals surface area contributed by atoms with Crippen molar-refractivity contribution in [2.75, 3.05) is 12.4 Å². The first-order valence-corrected chi connectivity index (χ1v) is 11.2. The molecule has 1 aromatic carbocycles. The number of Topliss-reactive ketones (excluding diaryl/α,β-unsaturated/α-hetero) is 1. The van der Waals surface area contributed by atoms with Crippen molar-refractivity contribution in [1.82, 2.24) is 39.8 Å². The minimum absolute atomic E-state index is 0.165. The first kappa shape index (κ1) is 22.8. The fourth-order valence-electron chi connectivity index (χ4n) is 3.82. The van der Waals surface area contributed by atoms with Crippen LogP contribution in [0, 0.1) is 13.8 Å². The molecule has 1 amide bonds. The molecule has 36 heavy (non-hydrogen) atoms. The van der Waals surface area contributed by atoms with Crippen LogP contribution in [0.25, 0.3) is 22.7 Å². The average Bonchev–Trinajstić information content (AvgIpc) is 3.48. The van der Waals surface area contributed by atoms with E-state index in [-0.39, 0.29) is 17.4 Å². The average molecular weight is 482 g/mol. The third-order valence-corrected chi connectivity index (χ3v) is 5.65. The predicted octanol–water partition coefficient (Wildman–Crippen LogP) is 3.32. The smallest absolute Gasteiger partial charge is 0.271 e. The Morgan fingerprint density at radius 3 is 2.53 bits per heavy atom. The van der Waals surface area contributed by atoms with Gasteiger partial charge in [0.25, 0.3) is 5.91 Å². The highest BCUT2D eigenvalue weighted by molar-refractivity contribution is 5.97. The fraction of sp³-hybridized carbons (Fsp3) is 0.160. The number of aryl methyl sites for hydroxylation is 2. The molecule has 0 aliphatic rings. The van der Waals surface area contributed by atoms with Crippen LogP contribution in [0.1, 0.15) is 39.2 Å². The first-order chi connectivity index (χ1) is 17.3. The summed E-state index contributed by atoms with van der Waals surface area (Å²) in [6, 6.07) is 14.6. The van der Waals surface area contributed by atoms with E-state index in [1.807, 2.05) is 41.8 Å². The molecule has 11 nitrogen and oxygen atoms in total. The number of benzene rings is 1. The molecule has 11 heteroatoms. The number of hydrogen-bond donors (Lipinski definition) is 2. The third-order valence-electron chi connectivity index (χ3n) is 5.65. The molecule has 0 aliphatic heterocycles. The maximum atomic E-state index is 12.4. The lowest BCUT2D eigenvalue weighted by molar-refractivity contribution is 0.0957. The molecular weight excluding hydrogens is 458 g/mol. The van der Waals surface area contributed by atoms with Gasteiger partial charge in [-0.1, -0.05) is 0 Å². The Hall–Kier alpha value is -4.93. The Kier molecular flexibility index (Phi) is 5.72. The normalized spacial score (nSPS) is 11.0. The quantitative estimate of drug-likeness (QED) is 0.353. The second-order valence-electron chi connectivity index (χ2n) is 8.26. The highest BCUT2D eigenvalue weighted by Crippen LogP contribution is 2.25. The zero-order chi connectivity index (χ0) is 25.4. The van der Waals surface area contributed by atoms with Crippen molar-refractivity contribution >= 4 is 34.2 Å². The van der Waals surface area contributed by atoms with Crippen molar-refractivity contribution in [2.24, 2.45) is 0 Å². The summed E-state index contributed by atoms with van der Waals surface area (Å²) in [5.41, 5.74) is 4.50. The van der Waals surface area contributed by atoms with Gasteiger partial charge in [-0.05, 0) is 69.3 Å². The molecule has 0 saturated carbocycles. The van der Waals surface area contributed by atoms with Gasteiger partial charge in [0.2, 0.25) is 0 Å². The summed E-state index contributed by atoms with van der Waals surface area (Å²) >= 11 is 0. The molecular formula is C25H23N9O2. The van der Waals surface area contributed by atoms with Crippen LogP contribution < -0.4 is 10.6 Å². The number of hydrogen-bond acceptors (Lipinski definition) is 8. The summed E-state index contributed by atoms with van der Waals surface area (Å²) in [6.07, 6.45) is 1.67. The van der Waals surface area contributed by atoms with E-state index in [2.05, 4.69) is 30.9 Å². The molecule has 2 N–H and O–H groups in total.